The van der Waals surface area contributed by atoms with Crippen LogP contribution >= 0.6 is 0 Å². The van der Waals surface area contributed by atoms with Gasteiger partial charge < -0.3 is 4.74 Å². The van der Waals surface area contributed by atoms with E-state index in [1.165, 1.54) is 5.56 Å². The molecule has 2 rings (SSSR count). The molecule has 0 saturated carbocycles. The molecular formula is C13H16O2S. The van der Waals surface area contributed by atoms with E-state index in [-0.39, 0.29) is 0 Å². The Morgan fingerprint density at radius 3 is 2.75 bits per heavy atom. The van der Waals surface area contributed by atoms with Crippen molar-refractivity contribution in [2.24, 2.45) is 5.92 Å². The molecule has 86 valence electrons. The van der Waals surface area contributed by atoms with Crippen molar-refractivity contribution in [1.82, 2.24) is 0 Å². The quantitative estimate of drug-likeness (QED) is 0.751. The zero-order chi connectivity index (χ0) is 11.4. The lowest BCUT2D eigenvalue weighted by atomic mass is 10.1. The van der Waals surface area contributed by atoms with E-state index in [0.717, 1.165) is 17.1 Å². The van der Waals surface area contributed by atoms with Crippen molar-refractivity contribution in [3.8, 4) is 0 Å². The van der Waals surface area contributed by atoms with Crippen LogP contribution in [0.15, 0.2) is 36.6 Å². The molecule has 1 heterocycles. The molecule has 0 N–H and O–H groups in total. The SMILES string of the molecule is C/C(=C/OCC1CS(=O)C1)c1ccccc1. The molecule has 1 saturated heterocycles. The second-order valence-electron chi connectivity index (χ2n) is 4.14. The molecule has 0 spiro atoms. The highest BCUT2D eigenvalue weighted by Gasteiger charge is 2.25. The minimum Gasteiger partial charge on any atom is -0.501 e. The van der Waals surface area contributed by atoms with Gasteiger partial charge in [0.05, 0.1) is 12.9 Å². The average molecular weight is 236 g/mol. The smallest absolute Gasteiger partial charge is 0.0919 e. The van der Waals surface area contributed by atoms with Crippen LogP contribution in [0.5, 0.6) is 0 Å². The van der Waals surface area contributed by atoms with Crippen LogP contribution in [0.25, 0.3) is 5.57 Å². The molecule has 0 radical (unpaired) electrons. The van der Waals surface area contributed by atoms with Crippen molar-refractivity contribution in [1.29, 1.82) is 0 Å². The Bertz CT molecular complexity index is 390. The molecule has 0 atom stereocenters. The molecular weight excluding hydrogens is 220 g/mol. The predicted octanol–water partition coefficient (Wildman–Crippen LogP) is 2.44. The van der Waals surface area contributed by atoms with Crippen LogP contribution in [0.2, 0.25) is 0 Å². The summed E-state index contributed by atoms with van der Waals surface area (Å²) in [5.74, 6) is 2.09. The molecule has 0 amide bonds. The summed E-state index contributed by atoms with van der Waals surface area (Å²) >= 11 is 0. The molecule has 1 aliphatic heterocycles. The highest BCUT2D eigenvalue weighted by molar-refractivity contribution is 7.86. The molecule has 0 aromatic heterocycles. The largest absolute Gasteiger partial charge is 0.501 e. The van der Waals surface area contributed by atoms with Crippen LogP contribution < -0.4 is 0 Å². The van der Waals surface area contributed by atoms with E-state index >= 15 is 0 Å². The van der Waals surface area contributed by atoms with Crippen LogP contribution in [0, 0.1) is 5.92 Å². The van der Waals surface area contributed by atoms with E-state index in [9.17, 15) is 4.21 Å². The number of benzene rings is 1. The molecule has 0 unspecified atom stereocenters. The topological polar surface area (TPSA) is 26.3 Å². The number of hydrogen-bond acceptors (Lipinski definition) is 2. The lowest BCUT2D eigenvalue weighted by molar-refractivity contribution is 0.210. The zero-order valence-corrected chi connectivity index (χ0v) is 10.2. The Hall–Kier alpha value is -1.09. The van der Waals surface area contributed by atoms with E-state index in [2.05, 4.69) is 12.1 Å². The van der Waals surface area contributed by atoms with Crippen LogP contribution in [-0.2, 0) is 15.5 Å². The number of rotatable bonds is 4. The number of ether oxygens (including phenoxy) is 1. The predicted molar refractivity (Wildman–Crippen MR) is 67.4 cm³/mol. The first-order chi connectivity index (χ1) is 7.75. The summed E-state index contributed by atoms with van der Waals surface area (Å²) in [6, 6.07) is 10.2. The van der Waals surface area contributed by atoms with Crippen molar-refractivity contribution < 1.29 is 8.95 Å². The first-order valence-corrected chi connectivity index (χ1v) is 6.93. The van der Waals surface area contributed by atoms with Crippen molar-refractivity contribution in [2.75, 3.05) is 18.1 Å². The molecule has 1 aromatic rings. The molecule has 0 bridgehead atoms. The van der Waals surface area contributed by atoms with Gasteiger partial charge in [0, 0.05) is 28.2 Å². The molecule has 1 aliphatic rings. The molecule has 1 fully saturated rings. The standard InChI is InChI=1S/C13H16O2S/c1-11(13-5-3-2-4-6-13)7-15-8-12-9-16(14)10-12/h2-7,12H,8-10H2,1H3/b11-7-. The maximum atomic E-state index is 10.9. The average Bonchev–Trinajstić information content (AvgIpc) is 2.27. The summed E-state index contributed by atoms with van der Waals surface area (Å²) in [7, 11) is -0.573. The van der Waals surface area contributed by atoms with Crippen molar-refractivity contribution >= 4 is 16.4 Å². The molecule has 0 aliphatic carbocycles. The third kappa shape index (κ3) is 2.95. The fraction of sp³-hybridized carbons (Fsp3) is 0.385. The highest BCUT2D eigenvalue weighted by atomic mass is 32.2. The van der Waals surface area contributed by atoms with Gasteiger partial charge in [-0.1, -0.05) is 30.3 Å². The van der Waals surface area contributed by atoms with E-state index in [1.807, 2.05) is 25.1 Å². The van der Waals surface area contributed by atoms with E-state index in [4.69, 9.17) is 4.74 Å². The lowest BCUT2D eigenvalue weighted by Gasteiger charge is -2.23. The summed E-state index contributed by atoms with van der Waals surface area (Å²) < 4.78 is 16.4. The first kappa shape index (κ1) is 11.4. The first-order valence-electron chi connectivity index (χ1n) is 5.44. The summed E-state index contributed by atoms with van der Waals surface area (Å²) in [5, 5.41) is 0. The van der Waals surface area contributed by atoms with Gasteiger partial charge in [0.1, 0.15) is 0 Å². The fourth-order valence-corrected chi connectivity index (χ4v) is 2.80. The van der Waals surface area contributed by atoms with Crippen LogP contribution in [0.4, 0.5) is 0 Å². The van der Waals surface area contributed by atoms with Gasteiger partial charge in [-0.15, -0.1) is 0 Å². The maximum absolute atomic E-state index is 10.9. The van der Waals surface area contributed by atoms with Crippen molar-refractivity contribution in [3.63, 3.8) is 0 Å². The second kappa shape index (κ2) is 5.30. The fourth-order valence-electron chi connectivity index (χ4n) is 1.65. The van der Waals surface area contributed by atoms with Crippen molar-refractivity contribution in [3.05, 3.63) is 42.2 Å². The Kier molecular flexibility index (Phi) is 3.78. The Labute approximate surface area is 98.8 Å². The third-order valence-electron chi connectivity index (χ3n) is 2.66. The van der Waals surface area contributed by atoms with Gasteiger partial charge in [-0.3, -0.25) is 4.21 Å². The molecule has 3 heteroatoms. The highest BCUT2D eigenvalue weighted by Crippen LogP contribution is 2.16. The zero-order valence-electron chi connectivity index (χ0n) is 9.39. The van der Waals surface area contributed by atoms with Crippen LogP contribution in [0.1, 0.15) is 12.5 Å². The monoisotopic (exact) mass is 236 g/mol. The summed E-state index contributed by atoms with van der Waals surface area (Å²) in [5.41, 5.74) is 2.31. The lowest BCUT2D eigenvalue weighted by Crippen LogP contribution is -2.34. The Morgan fingerprint density at radius 2 is 2.12 bits per heavy atom. The van der Waals surface area contributed by atoms with Gasteiger partial charge in [0.15, 0.2) is 0 Å². The molecule has 2 nitrogen and oxygen atoms in total. The third-order valence-corrected chi connectivity index (χ3v) is 4.35. The van der Waals surface area contributed by atoms with Gasteiger partial charge in [-0.25, -0.2) is 0 Å². The van der Waals surface area contributed by atoms with Gasteiger partial charge in [0.2, 0.25) is 0 Å². The molecule has 1 aromatic carbocycles. The van der Waals surface area contributed by atoms with Crippen molar-refractivity contribution in [2.45, 2.75) is 6.92 Å². The molecule has 16 heavy (non-hydrogen) atoms. The van der Waals surface area contributed by atoms with Gasteiger partial charge in [-0.05, 0) is 18.1 Å². The summed E-state index contributed by atoms with van der Waals surface area (Å²) in [4.78, 5) is 0. The van der Waals surface area contributed by atoms with Crippen LogP contribution in [-0.4, -0.2) is 22.3 Å². The minimum absolute atomic E-state index is 0.487. The van der Waals surface area contributed by atoms with Gasteiger partial charge >= 0.3 is 0 Å². The maximum Gasteiger partial charge on any atom is 0.0919 e. The van der Waals surface area contributed by atoms with Crippen LogP contribution in [0.3, 0.4) is 0 Å². The van der Waals surface area contributed by atoms with Gasteiger partial charge in [0.25, 0.3) is 0 Å². The Balaban J connectivity index is 1.81. The van der Waals surface area contributed by atoms with E-state index in [1.54, 1.807) is 6.26 Å². The normalized spacial score (nSPS) is 24.9. The van der Waals surface area contributed by atoms with E-state index in [0.29, 0.717) is 12.5 Å². The number of allylic oxidation sites excluding steroid dienone is 1. The minimum atomic E-state index is -0.573. The van der Waals surface area contributed by atoms with E-state index < -0.39 is 10.8 Å². The summed E-state index contributed by atoms with van der Waals surface area (Å²) in [6.45, 7) is 2.73. The van der Waals surface area contributed by atoms with Gasteiger partial charge in [-0.2, -0.15) is 0 Å². The number of hydrogen-bond donors (Lipinski definition) is 0. The summed E-state index contributed by atoms with van der Waals surface area (Å²) in [6.07, 6.45) is 1.80. The second-order valence-corrected chi connectivity index (χ2v) is 5.69. The Morgan fingerprint density at radius 1 is 1.44 bits per heavy atom.